The summed E-state index contributed by atoms with van der Waals surface area (Å²) in [5.74, 6) is 0.383. The third kappa shape index (κ3) is 6.90. The second kappa shape index (κ2) is 10.6. The average molecular weight is 358 g/mol. The van der Waals surface area contributed by atoms with Crippen molar-refractivity contribution in [1.82, 2.24) is 10.6 Å². The first kappa shape index (κ1) is 20.0. The average Bonchev–Trinajstić information content (AvgIpc) is 2.62. The van der Waals surface area contributed by atoms with Gasteiger partial charge in [0.2, 0.25) is 11.8 Å². The van der Waals surface area contributed by atoms with Gasteiger partial charge >= 0.3 is 0 Å². The first-order valence-corrected chi connectivity index (χ1v) is 9.51. The molecule has 5 nitrogen and oxygen atoms in total. The molecule has 1 aromatic carbocycles. The third-order valence-corrected chi connectivity index (χ3v) is 4.75. The molecule has 1 aliphatic rings. The molecule has 0 radical (unpaired) electrons. The van der Waals surface area contributed by atoms with E-state index in [9.17, 15) is 9.59 Å². The van der Waals surface area contributed by atoms with E-state index in [2.05, 4.69) is 10.6 Å². The second-order valence-electron chi connectivity index (χ2n) is 6.89. The number of carbonyl (C=O) groups excluding carboxylic acids is 2. The van der Waals surface area contributed by atoms with Gasteiger partial charge in [0.25, 0.3) is 0 Å². The summed E-state index contributed by atoms with van der Waals surface area (Å²) in [5, 5.41) is 5.81. The number of ether oxygens (including phenoxy) is 1. The zero-order valence-electron chi connectivity index (χ0n) is 15.8. The van der Waals surface area contributed by atoms with Crippen LogP contribution in [0.4, 0.5) is 0 Å². The van der Waals surface area contributed by atoms with Crippen LogP contribution in [-0.2, 0) is 9.59 Å². The SMILES string of the molecule is COc1ccc(/C=C/C(=O)NC(C)C(=O)NC2CCCCCCC2)cc1. The maximum atomic E-state index is 12.3. The Hall–Kier alpha value is -2.30. The van der Waals surface area contributed by atoms with Crippen molar-refractivity contribution in [3.8, 4) is 5.75 Å². The second-order valence-corrected chi connectivity index (χ2v) is 6.89. The summed E-state index contributed by atoms with van der Waals surface area (Å²) in [7, 11) is 1.61. The molecule has 0 bridgehead atoms. The molecule has 142 valence electrons. The summed E-state index contributed by atoms with van der Waals surface area (Å²) in [4.78, 5) is 24.4. The van der Waals surface area contributed by atoms with E-state index in [-0.39, 0.29) is 17.9 Å². The Morgan fingerprint density at radius 2 is 1.69 bits per heavy atom. The zero-order chi connectivity index (χ0) is 18.8. The number of methoxy groups -OCH3 is 1. The lowest BCUT2D eigenvalue weighted by Gasteiger charge is -2.23. The zero-order valence-corrected chi connectivity index (χ0v) is 15.8. The van der Waals surface area contributed by atoms with Crippen LogP contribution in [0.1, 0.15) is 57.4 Å². The van der Waals surface area contributed by atoms with Crippen molar-refractivity contribution >= 4 is 17.9 Å². The minimum absolute atomic E-state index is 0.109. The molecule has 2 N–H and O–H groups in total. The maximum Gasteiger partial charge on any atom is 0.244 e. The molecule has 0 heterocycles. The van der Waals surface area contributed by atoms with Gasteiger partial charge in [0.15, 0.2) is 0 Å². The summed E-state index contributed by atoms with van der Waals surface area (Å²) in [6.07, 6.45) is 11.3. The summed E-state index contributed by atoms with van der Waals surface area (Å²) >= 11 is 0. The van der Waals surface area contributed by atoms with Crippen molar-refractivity contribution in [3.05, 3.63) is 35.9 Å². The Bertz CT molecular complexity index is 602. The van der Waals surface area contributed by atoms with Gasteiger partial charge in [0.1, 0.15) is 11.8 Å². The molecule has 5 heteroatoms. The summed E-state index contributed by atoms with van der Waals surface area (Å²) in [5.41, 5.74) is 0.896. The van der Waals surface area contributed by atoms with Crippen LogP contribution >= 0.6 is 0 Å². The summed E-state index contributed by atoms with van der Waals surface area (Å²) in [6.45, 7) is 1.72. The highest BCUT2D eigenvalue weighted by atomic mass is 16.5. The molecule has 1 aliphatic carbocycles. The van der Waals surface area contributed by atoms with E-state index in [1.165, 1.54) is 25.3 Å². The Labute approximate surface area is 156 Å². The molecule has 0 saturated heterocycles. The molecule has 1 aromatic rings. The van der Waals surface area contributed by atoms with Gasteiger partial charge < -0.3 is 15.4 Å². The lowest BCUT2D eigenvalue weighted by atomic mass is 9.96. The van der Waals surface area contributed by atoms with Gasteiger partial charge in [-0.1, -0.05) is 44.2 Å². The van der Waals surface area contributed by atoms with E-state index in [1.807, 2.05) is 24.3 Å². The third-order valence-electron chi connectivity index (χ3n) is 4.75. The van der Waals surface area contributed by atoms with Crippen LogP contribution in [-0.4, -0.2) is 31.0 Å². The summed E-state index contributed by atoms with van der Waals surface area (Å²) in [6, 6.07) is 7.09. The van der Waals surface area contributed by atoms with Crippen LogP contribution in [0.5, 0.6) is 5.75 Å². The molecule has 0 aromatic heterocycles. The van der Waals surface area contributed by atoms with Gasteiger partial charge in [-0.25, -0.2) is 0 Å². The van der Waals surface area contributed by atoms with Crippen LogP contribution < -0.4 is 15.4 Å². The lowest BCUT2D eigenvalue weighted by molar-refractivity contribution is -0.127. The molecule has 1 saturated carbocycles. The van der Waals surface area contributed by atoms with E-state index >= 15 is 0 Å². The van der Waals surface area contributed by atoms with E-state index in [0.29, 0.717) is 0 Å². The van der Waals surface area contributed by atoms with Crippen molar-refractivity contribution in [1.29, 1.82) is 0 Å². The van der Waals surface area contributed by atoms with Crippen molar-refractivity contribution < 1.29 is 14.3 Å². The van der Waals surface area contributed by atoms with Crippen molar-refractivity contribution in [2.24, 2.45) is 0 Å². The normalized spacial score (nSPS) is 17.2. The van der Waals surface area contributed by atoms with Crippen molar-refractivity contribution in [2.75, 3.05) is 7.11 Å². The maximum absolute atomic E-state index is 12.3. The Balaban J connectivity index is 1.79. The molecule has 26 heavy (non-hydrogen) atoms. The van der Waals surface area contributed by atoms with Gasteiger partial charge in [-0.05, 0) is 43.5 Å². The molecule has 0 spiro atoms. The van der Waals surface area contributed by atoms with E-state index in [1.54, 1.807) is 20.1 Å². The topological polar surface area (TPSA) is 67.4 Å². The van der Waals surface area contributed by atoms with Crippen LogP contribution in [0.25, 0.3) is 6.08 Å². The van der Waals surface area contributed by atoms with Crippen molar-refractivity contribution in [3.63, 3.8) is 0 Å². The predicted octanol–water partition coefficient (Wildman–Crippen LogP) is 3.44. The Morgan fingerprint density at radius 1 is 1.08 bits per heavy atom. The van der Waals surface area contributed by atoms with Crippen LogP contribution in [0, 0.1) is 0 Å². The Kier molecular flexibility index (Phi) is 8.19. The smallest absolute Gasteiger partial charge is 0.244 e. The number of nitrogens with one attached hydrogen (secondary N) is 2. The Morgan fingerprint density at radius 3 is 2.31 bits per heavy atom. The molecule has 2 amide bonds. The lowest BCUT2D eigenvalue weighted by Crippen LogP contribution is -2.47. The standard InChI is InChI=1S/C21H30N2O3/c1-16(21(25)23-18-8-6-4-3-5-7-9-18)22-20(24)15-12-17-10-13-19(26-2)14-11-17/h10-16,18H,3-9H2,1-2H3,(H,22,24)(H,23,25)/b15-12+. The number of amides is 2. The fraction of sp³-hybridized carbons (Fsp3) is 0.524. The molecule has 1 fully saturated rings. The highest BCUT2D eigenvalue weighted by molar-refractivity contribution is 5.95. The number of hydrogen-bond acceptors (Lipinski definition) is 3. The van der Waals surface area contributed by atoms with Crippen molar-refractivity contribution in [2.45, 2.75) is 64.0 Å². The minimum Gasteiger partial charge on any atom is -0.497 e. The largest absolute Gasteiger partial charge is 0.497 e. The van der Waals surface area contributed by atoms with Crippen LogP contribution in [0.3, 0.4) is 0 Å². The highest BCUT2D eigenvalue weighted by Crippen LogP contribution is 2.17. The highest BCUT2D eigenvalue weighted by Gasteiger charge is 2.19. The molecule has 1 unspecified atom stereocenters. The molecular formula is C21H30N2O3. The summed E-state index contributed by atoms with van der Waals surface area (Å²) < 4.78 is 5.10. The van der Waals surface area contributed by atoms with Gasteiger partial charge in [-0.3, -0.25) is 9.59 Å². The number of hydrogen-bond donors (Lipinski definition) is 2. The van der Waals surface area contributed by atoms with E-state index < -0.39 is 6.04 Å². The number of carbonyl (C=O) groups is 2. The van der Waals surface area contributed by atoms with Gasteiger partial charge in [-0.15, -0.1) is 0 Å². The van der Waals surface area contributed by atoms with E-state index in [4.69, 9.17) is 4.74 Å². The first-order valence-electron chi connectivity index (χ1n) is 9.51. The quantitative estimate of drug-likeness (QED) is 0.766. The predicted molar refractivity (Wildman–Crippen MR) is 104 cm³/mol. The number of rotatable bonds is 6. The molecule has 2 rings (SSSR count). The monoisotopic (exact) mass is 358 g/mol. The molecule has 1 atom stereocenters. The molecular weight excluding hydrogens is 328 g/mol. The fourth-order valence-corrected chi connectivity index (χ4v) is 3.14. The van der Waals surface area contributed by atoms with E-state index in [0.717, 1.165) is 37.0 Å². The molecule has 0 aliphatic heterocycles. The fourth-order valence-electron chi connectivity index (χ4n) is 3.14. The number of benzene rings is 1. The van der Waals surface area contributed by atoms with Gasteiger partial charge in [-0.2, -0.15) is 0 Å². The first-order chi connectivity index (χ1) is 12.6. The van der Waals surface area contributed by atoms with Gasteiger partial charge in [0.05, 0.1) is 7.11 Å². The van der Waals surface area contributed by atoms with Crippen LogP contribution in [0.2, 0.25) is 0 Å². The van der Waals surface area contributed by atoms with Crippen LogP contribution in [0.15, 0.2) is 30.3 Å². The van der Waals surface area contributed by atoms with Gasteiger partial charge in [0, 0.05) is 12.1 Å². The minimum atomic E-state index is -0.548.